The normalized spacial score (nSPS) is 11.1. The van der Waals surface area contributed by atoms with E-state index in [0.29, 0.717) is 27.7 Å². The maximum Gasteiger partial charge on any atom is 0.343 e. The van der Waals surface area contributed by atoms with Crippen molar-refractivity contribution in [2.45, 2.75) is 26.2 Å². The molecule has 0 unspecified atom stereocenters. The number of rotatable bonds is 9. The average Bonchev–Trinajstić information content (AvgIpc) is 2.83. The lowest BCUT2D eigenvalue weighted by molar-refractivity contribution is 0.0747. The van der Waals surface area contributed by atoms with E-state index in [1.807, 2.05) is 12.1 Å². The van der Waals surface area contributed by atoms with E-state index in [2.05, 4.69) is 6.92 Å². The minimum absolute atomic E-state index is 0.363. The van der Waals surface area contributed by atoms with E-state index in [1.54, 1.807) is 74.9 Å². The summed E-state index contributed by atoms with van der Waals surface area (Å²) in [6, 6.07) is 20.7. The van der Waals surface area contributed by atoms with Gasteiger partial charge in [-0.3, -0.25) is 4.57 Å². The Morgan fingerprint density at radius 3 is 1.68 bits per heavy atom. The third-order valence-electron chi connectivity index (χ3n) is 5.04. The summed E-state index contributed by atoms with van der Waals surface area (Å²) in [7, 11) is -0.581. The van der Waals surface area contributed by atoms with Crippen LogP contribution in [-0.2, 0) is 15.5 Å². The van der Waals surface area contributed by atoms with Crippen molar-refractivity contribution in [2.75, 3.05) is 14.2 Å². The summed E-state index contributed by atoms with van der Waals surface area (Å²) in [5.74, 6) is 0.620. The Balaban J connectivity index is 1.93. The zero-order chi connectivity index (χ0) is 22.3. The van der Waals surface area contributed by atoms with Crippen LogP contribution in [0, 0.1) is 0 Å². The van der Waals surface area contributed by atoms with E-state index >= 15 is 0 Å². The van der Waals surface area contributed by atoms with Gasteiger partial charge in [0, 0.05) is 0 Å². The molecule has 0 spiro atoms. The molecule has 0 aliphatic rings. The topological polar surface area (TPSA) is 61.8 Å². The molecular formula is C25H27O5P. The zero-order valence-electron chi connectivity index (χ0n) is 18.0. The largest absolute Gasteiger partial charge is 0.497 e. The second-order valence-corrected chi connectivity index (χ2v) is 9.45. The summed E-state index contributed by atoms with van der Waals surface area (Å²) in [6.45, 7) is 2.14. The van der Waals surface area contributed by atoms with Gasteiger partial charge >= 0.3 is 13.3 Å². The quantitative estimate of drug-likeness (QED) is 0.434. The van der Waals surface area contributed by atoms with Crippen LogP contribution in [-0.4, -0.2) is 20.2 Å². The second-order valence-electron chi connectivity index (χ2n) is 7.13. The molecule has 0 N–H and O–H groups in total. The van der Waals surface area contributed by atoms with Crippen LogP contribution in [0.15, 0.2) is 72.8 Å². The van der Waals surface area contributed by atoms with Crippen molar-refractivity contribution in [3.63, 3.8) is 0 Å². The molecule has 31 heavy (non-hydrogen) atoms. The molecule has 3 aromatic rings. The van der Waals surface area contributed by atoms with Gasteiger partial charge in [0.05, 0.1) is 30.4 Å². The molecule has 5 nitrogen and oxygen atoms in total. The molecule has 0 fully saturated rings. The van der Waals surface area contributed by atoms with Crippen molar-refractivity contribution >= 4 is 23.9 Å². The minimum Gasteiger partial charge on any atom is -0.497 e. The average molecular weight is 438 g/mol. The maximum atomic E-state index is 14.1. The number of benzene rings is 3. The predicted octanol–water partition coefficient (Wildman–Crippen LogP) is 5.13. The molecule has 0 amide bonds. The Bertz CT molecular complexity index is 989. The summed E-state index contributed by atoms with van der Waals surface area (Å²) in [5, 5.41) is 0.817. The number of carbonyl (C=O) groups excluding carboxylic acids is 1. The highest BCUT2D eigenvalue weighted by molar-refractivity contribution is 7.74. The van der Waals surface area contributed by atoms with Crippen LogP contribution in [0.2, 0.25) is 0 Å². The van der Waals surface area contributed by atoms with E-state index in [0.717, 1.165) is 24.8 Å². The molecule has 0 aliphatic heterocycles. The number of aryl methyl sites for hydroxylation is 1. The van der Waals surface area contributed by atoms with Crippen LogP contribution in [0.1, 0.15) is 35.7 Å². The Hall–Kier alpha value is -3.04. The van der Waals surface area contributed by atoms with Gasteiger partial charge in [0.25, 0.3) is 0 Å². The number of methoxy groups -OCH3 is 2. The van der Waals surface area contributed by atoms with Gasteiger partial charge in [-0.2, -0.15) is 0 Å². The molecule has 0 bridgehead atoms. The maximum absolute atomic E-state index is 14.1. The predicted molar refractivity (Wildman–Crippen MR) is 123 cm³/mol. The molecule has 0 radical (unpaired) electrons. The summed E-state index contributed by atoms with van der Waals surface area (Å²) >= 11 is 0. The molecule has 6 heteroatoms. The molecular weight excluding hydrogens is 411 g/mol. The van der Waals surface area contributed by atoms with Crippen LogP contribution in [0.25, 0.3) is 0 Å². The fraction of sp³-hybridized carbons (Fsp3) is 0.240. The molecule has 3 rings (SSSR count). The molecule has 0 saturated heterocycles. The number of unbranched alkanes of at least 4 members (excludes halogenated alkanes) is 1. The van der Waals surface area contributed by atoms with Gasteiger partial charge in [-0.25, -0.2) is 4.79 Å². The Morgan fingerprint density at radius 2 is 1.26 bits per heavy atom. The van der Waals surface area contributed by atoms with Crippen molar-refractivity contribution in [3.8, 4) is 11.5 Å². The number of hydrogen-bond acceptors (Lipinski definition) is 5. The van der Waals surface area contributed by atoms with Crippen molar-refractivity contribution in [3.05, 3.63) is 83.9 Å². The monoisotopic (exact) mass is 438 g/mol. The second kappa shape index (κ2) is 10.3. The van der Waals surface area contributed by atoms with E-state index < -0.39 is 13.3 Å². The first kappa shape index (κ1) is 22.6. The lowest BCUT2D eigenvalue weighted by Gasteiger charge is -2.20. The van der Waals surface area contributed by atoms with Gasteiger partial charge in [-0.15, -0.1) is 0 Å². The van der Waals surface area contributed by atoms with Crippen LogP contribution >= 0.6 is 7.37 Å². The Labute approximate surface area is 183 Å². The number of ether oxygens (including phenoxy) is 2. The van der Waals surface area contributed by atoms with Gasteiger partial charge in [0.15, 0.2) is 0 Å². The summed E-state index contributed by atoms with van der Waals surface area (Å²) in [4.78, 5) is 12.9. The molecule has 0 aromatic heterocycles. The van der Waals surface area contributed by atoms with Crippen LogP contribution in [0.5, 0.6) is 11.5 Å². The molecule has 0 atom stereocenters. The van der Waals surface area contributed by atoms with Gasteiger partial charge in [0.1, 0.15) is 11.5 Å². The standard InChI is InChI=1S/C25H27O5P/c1-4-5-6-19-7-9-20(10-8-19)25(26)30-31(27,23-15-11-21(28-2)12-16-23)24-17-13-22(29-3)14-18-24/h7-18H,4-6H2,1-3H3. The van der Waals surface area contributed by atoms with Crippen molar-refractivity contribution < 1.29 is 23.4 Å². The molecule has 3 aromatic carbocycles. The number of carbonyl (C=O) groups is 1. The summed E-state index contributed by atoms with van der Waals surface area (Å²) in [6.07, 6.45) is 3.16. The van der Waals surface area contributed by atoms with Crippen molar-refractivity contribution in [1.82, 2.24) is 0 Å². The molecule has 162 valence electrons. The van der Waals surface area contributed by atoms with E-state index in [-0.39, 0.29) is 0 Å². The lowest BCUT2D eigenvalue weighted by Crippen LogP contribution is -2.21. The minimum atomic E-state index is -3.70. The highest BCUT2D eigenvalue weighted by Crippen LogP contribution is 2.46. The van der Waals surface area contributed by atoms with Crippen molar-refractivity contribution in [2.24, 2.45) is 0 Å². The van der Waals surface area contributed by atoms with Crippen LogP contribution in [0.3, 0.4) is 0 Å². The van der Waals surface area contributed by atoms with Crippen LogP contribution in [0.4, 0.5) is 0 Å². The Kier molecular flexibility index (Phi) is 7.54. The summed E-state index contributed by atoms with van der Waals surface area (Å²) in [5.41, 5.74) is 1.52. The van der Waals surface area contributed by atoms with Gasteiger partial charge < -0.3 is 14.0 Å². The fourth-order valence-electron chi connectivity index (χ4n) is 3.17. The van der Waals surface area contributed by atoms with Crippen molar-refractivity contribution in [1.29, 1.82) is 0 Å². The van der Waals surface area contributed by atoms with E-state index in [9.17, 15) is 9.36 Å². The highest BCUT2D eigenvalue weighted by atomic mass is 31.2. The molecule has 0 saturated carbocycles. The SMILES string of the molecule is CCCCc1ccc(C(=O)OP(=O)(c2ccc(OC)cc2)c2ccc(OC)cc2)cc1. The number of hydrogen-bond donors (Lipinski definition) is 0. The Morgan fingerprint density at radius 1 is 0.774 bits per heavy atom. The molecule has 0 aliphatic carbocycles. The van der Waals surface area contributed by atoms with Gasteiger partial charge in [0.2, 0.25) is 0 Å². The van der Waals surface area contributed by atoms with E-state index in [4.69, 9.17) is 14.0 Å². The van der Waals surface area contributed by atoms with E-state index in [1.165, 1.54) is 0 Å². The first-order chi connectivity index (χ1) is 15.0. The first-order valence-corrected chi connectivity index (χ1v) is 11.8. The third kappa shape index (κ3) is 5.36. The fourth-order valence-corrected chi connectivity index (χ4v) is 5.10. The third-order valence-corrected chi connectivity index (χ3v) is 7.42. The van der Waals surface area contributed by atoms with Gasteiger partial charge in [-0.1, -0.05) is 25.5 Å². The van der Waals surface area contributed by atoms with Gasteiger partial charge in [-0.05, 0) is 79.1 Å². The first-order valence-electron chi connectivity index (χ1n) is 10.2. The molecule has 0 heterocycles. The smallest absolute Gasteiger partial charge is 0.343 e. The zero-order valence-corrected chi connectivity index (χ0v) is 18.9. The lowest BCUT2D eigenvalue weighted by atomic mass is 10.1. The van der Waals surface area contributed by atoms with Crippen LogP contribution < -0.4 is 20.1 Å². The highest BCUT2D eigenvalue weighted by Gasteiger charge is 2.33. The summed E-state index contributed by atoms with van der Waals surface area (Å²) < 4.78 is 30.2.